The second kappa shape index (κ2) is 9.17. The molecule has 0 saturated carbocycles. The Morgan fingerprint density at radius 2 is 1.81 bits per heavy atom. The molecule has 2 heterocycles. The molecule has 0 aliphatic rings. The summed E-state index contributed by atoms with van der Waals surface area (Å²) in [7, 11) is 0. The fraction of sp³-hybridized carbons (Fsp3) is 0.130. The number of carbonyl (C=O) groups excluding carboxylic acids is 1. The quantitative estimate of drug-likeness (QED) is 0.457. The molecule has 4 rings (SSSR count). The summed E-state index contributed by atoms with van der Waals surface area (Å²) in [6.07, 6.45) is 3.74. The summed E-state index contributed by atoms with van der Waals surface area (Å²) in [5.41, 5.74) is 1.71. The number of hydrogen-bond acceptors (Lipinski definition) is 6. The van der Waals surface area contributed by atoms with Gasteiger partial charge in [-0.25, -0.2) is 4.39 Å². The minimum atomic E-state index is -0.333. The summed E-state index contributed by atoms with van der Waals surface area (Å²) < 4.78 is 24.6. The second-order valence-electron chi connectivity index (χ2n) is 6.83. The second-order valence-corrected chi connectivity index (χ2v) is 6.83. The fourth-order valence-electron chi connectivity index (χ4n) is 2.80. The zero-order chi connectivity index (χ0) is 21.6. The topological polar surface area (TPSA) is 90.1 Å². The molecule has 0 unspecified atom stereocenters. The van der Waals surface area contributed by atoms with E-state index in [1.165, 1.54) is 6.07 Å². The number of ether oxygens (including phenoxy) is 1. The van der Waals surface area contributed by atoms with E-state index in [4.69, 9.17) is 9.26 Å². The van der Waals surface area contributed by atoms with Crippen LogP contribution in [0.5, 0.6) is 11.5 Å². The van der Waals surface area contributed by atoms with Crippen LogP contribution in [0.3, 0.4) is 0 Å². The van der Waals surface area contributed by atoms with E-state index in [1.54, 1.807) is 67.8 Å². The minimum absolute atomic E-state index is 0.166. The Balaban J connectivity index is 1.29. The first-order valence-electron chi connectivity index (χ1n) is 9.64. The normalized spacial score (nSPS) is 10.6. The maximum atomic E-state index is 13.7. The van der Waals surface area contributed by atoms with E-state index in [0.717, 1.165) is 0 Å². The van der Waals surface area contributed by atoms with E-state index >= 15 is 0 Å². The number of halogens is 1. The molecule has 0 fully saturated rings. The van der Waals surface area contributed by atoms with Crippen LogP contribution in [0.2, 0.25) is 0 Å². The highest BCUT2D eigenvalue weighted by Gasteiger charge is 2.12. The van der Waals surface area contributed by atoms with Gasteiger partial charge in [0.2, 0.25) is 17.6 Å². The first-order valence-corrected chi connectivity index (χ1v) is 9.64. The van der Waals surface area contributed by atoms with Crippen LogP contribution in [0.4, 0.5) is 10.1 Å². The van der Waals surface area contributed by atoms with Gasteiger partial charge in [-0.3, -0.25) is 9.78 Å². The van der Waals surface area contributed by atoms with Crippen molar-refractivity contribution in [1.29, 1.82) is 0 Å². The van der Waals surface area contributed by atoms with Gasteiger partial charge in [-0.1, -0.05) is 17.3 Å². The molecule has 2 aromatic carbocycles. The van der Waals surface area contributed by atoms with Crippen LogP contribution in [0.25, 0.3) is 11.4 Å². The van der Waals surface area contributed by atoms with Gasteiger partial charge in [-0.2, -0.15) is 4.98 Å². The van der Waals surface area contributed by atoms with Crippen LogP contribution in [0.15, 0.2) is 71.5 Å². The lowest BCUT2D eigenvalue weighted by molar-refractivity contribution is -0.116. The number of rotatable bonds is 7. The van der Waals surface area contributed by atoms with Crippen LogP contribution in [-0.4, -0.2) is 21.0 Å². The Morgan fingerprint density at radius 3 is 2.55 bits per heavy atom. The number of aryl methyl sites for hydroxylation is 2. The highest BCUT2D eigenvalue weighted by atomic mass is 19.1. The van der Waals surface area contributed by atoms with E-state index in [0.29, 0.717) is 40.0 Å². The SMILES string of the molecule is Cc1ccc(-c2noc(CCC(=O)Nc3ccc(Oc4ccncc4)cc3)n2)cc1F. The van der Waals surface area contributed by atoms with Crippen molar-refractivity contribution < 1.29 is 18.4 Å². The number of aromatic nitrogens is 3. The molecule has 8 heteroatoms. The summed E-state index contributed by atoms with van der Waals surface area (Å²) in [6.45, 7) is 1.68. The summed E-state index contributed by atoms with van der Waals surface area (Å²) in [6, 6.07) is 15.3. The van der Waals surface area contributed by atoms with Gasteiger partial charge >= 0.3 is 0 Å². The lowest BCUT2D eigenvalue weighted by Gasteiger charge is -2.07. The van der Waals surface area contributed by atoms with Crippen LogP contribution in [0, 0.1) is 12.7 Å². The monoisotopic (exact) mass is 418 g/mol. The van der Waals surface area contributed by atoms with Gasteiger partial charge in [-0.15, -0.1) is 0 Å². The van der Waals surface area contributed by atoms with Crippen LogP contribution < -0.4 is 10.1 Å². The van der Waals surface area contributed by atoms with Crippen LogP contribution >= 0.6 is 0 Å². The van der Waals surface area contributed by atoms with E-state index in [9.17, 15) is 9.18 Å². The standard InChI is InChI=1S/C23H19FN4O3/c1-15-2-3-16(14-20(15)24)23-27-22(31-28-23)9-8-21(29)26-17-4-6-18(7-5-17)30-19-10-12-25-13-11-19/h2-7,10-14H,8-9H2,1H3,(H,26,29). The van der Waals surface area contributed by atoms with Crippen molar-refractivity contribution in [1.82, 2.24) is 15.1 Å². The van der Waals surface area contributed by atoms with Crippen molar-refractivity contribution in [2.75, 3.05) is 5.32 Å². The molecular weight excluding hydrogens is 399 g/mol. The molecule has 0 spiro atoms. The van der Waals surface area contributed by atoms with Crippen LogP contribution in [-0.2, 0) is 11.2 Å². The number of nitrogens with one attached hydrogen (secondary N) is 1. The third-order valence-electron chi connectivity index (χ3n) is 4.49. The summed E-state index contributed by atoms with van der Waals surface area (Å²) >= 11 is 0. The molecule has 0 aliphatic carbocycles. The highest BCUT2D eigenvalue weighted by Crippen LogP contribution is 2.23. The molecule has 156 valence electrons. The average Bonchev–Trinajstić information content (AvgIpc) is 3.25. The summed E-state index contributed by atoms with van der Waals surface area (Å²) in [5.74, 6) is 1.41. The predicted molar refractivity (Wildman–Crippen MR) is 112 cm³/mol. The number of pyridine rings is 1. The molecular formula is C23H19FN4O3. The van der Waals surface area contributed by atoms with Gasteiger partial charge in [-0.05, 0) is 55.0 Å². The molecule has 4 aromatic rings. The zero-order valence-corrected chi connectivity index (χ0v) is 16.7. The zero-order valence-electron chi connectivity index (χ0n) is 16.7. The van der Waals surface area contributed by atoms with E-state index < -0.39 is 0 Å². The average molecular weight is 418 g/mol. The number of benzene rings is 2. The third-order valence-corrected chi connectivity index (χ3v) is 4.49. The maximum absolute atomic E-state index is 13.7. The number of anilines is 1. The number of hydrogen-bond donors (Lipinski definition) is 1. The molecule has 0 aliphatic heterocycles. The minimum Gasteiger partial charge on any atom is -0.457 e. The van der Waals surface area contributed by atoms with Crippen LogP contribution in [0.1, 0.15) is 17.9 Å². The van der Waals surface area contributed by atoms with Gasteiger partial charge in [0.15, 0.2) is 0 Å². The Hall–Kier alpha value is -4.07. The van der Waals surface area contributed by atoms with E-state index in [1.807, 2.05) is 0 Å². The lowest BCUT2D eigenvalue weighted by Crippen LogP contribution is -2.12. The van der Waals surface area contributed by atoms with Crippen molar-refractivity contribution in [3.05, 3.63) is 84.3 Å². The molecule has 2 aromatic heterocycles. The molecule has 0 atom stereocenters. The molecule has 31 heavy (non-hydrogen) atoms. The maximum Gasteiger partial charge on any atom is 0.227 e. The molecule has 0 radical (unpaired) electrons. The van der Waals surface area contributed by atoms with Crippen molar-refractivity contribution in [3.63, 3.8) is 0 Å². The molecule has 0 bridgehead atoms. The first kappa shape index (κ1) is 20.2. The Kier molecular flexibility index (Phi) is 5.98. The third kappa shape index (κ3) is 5.30. The van der Waals surface area contributed by atoms with Gasteiger partial charge in [0.25, 0.3) is 0 Å². The van der Waals surface area contributed by atoms with E-state index in [-0.39, 0.29) is 24.6 Å². The van der Waals surface area contributed by atoms with Gasteiger partial charge in [0.05, 0.1) is 0 Å². The largest absolute Gasteiger partial charge is 0.457 e. The number of nitrogens with zero attached hydrogens (tertiary/aromatic N) is 3. The summed E-state index contributed by atoms with van der Waals surface area (Å²) in [5, 5.41) is 6.67. The summed E-state index contributed by atoms with van der Waals surface area (Å²) in [4.78, 5) is 20.4. The smallest absolute Gasteiger partial charge is 0.227 e. The van der Waals surface area contributed by atoms with Crippen molar-refractivity contribution in [3.8, 4) is 22.9 Å². The Bertz CT molecular complexity index is 1180. The highest BCUT2D eigenvalue weighted by molar-refractivity contribution is 5.90. The molecule has 0 saturated heterocycles. The van der Waals surface area contributed by atoms with Crippen molar-refractivity contribution in [2.45, 2.75) is 19.8 Å². The molecule has 1 amide bonds. The van der Waals surface area contributed by atoms with Crippen molar-refractivity contribution in [2.24, 2.45) is 0 Å². The first-order chi connectivity index (χ1) is 15.1. The number of amides is 1. The predicted octanol–water partition coefficient (Wildman–Crippen LogP) is 4.94. The van der Waals surface area contributed by atoms with Gasteiger partial charge in [0, 0.05) is 36.5 Å². The van der Waals surface area contributed by atoms with Crippen molar-refractivity contribution >= 4 is 11.6 Å². The lowest BCUT2D eigenvalue weighted by atomic mass is 10.1. The van der Waals surface area contributed by atoms with E-state index in [2.05, 4.69) is 20.4 Å². The Morgan fingerprint density at radius 1 is 1.06 bits per heavy atom. The Labute approximate surface area is 177 Å². The number of carbonyl (C=O) groups is 1. The molecule has 7 nitrogen and oxygen atoms in total. The fourth-order valence-corrected chi connectivity index (χ4v) is 2.80. The molecule has 1 N–H and O–H groups in total. The van der Waals surface area contributed by atoms with Gasteiger partial charge < -0.3 is 14.6 Å². The van der Waals surface area contributed by atoms with Gasteiger partial charge in [0.1, 0.15) is 17.3 Å².